The van der Waals surface area contributed by atoms with E-state index in [0.717, 1.165) is 36.0 Å². The summed E-state index contributed by atoms with van der Waals surface area (Å²) in [6.45, 7) is 10.1. The molecule has 0 spiro atoms. The first-order valence-corrected chi connectivity index (χ1v) is 9.46. The zero-order chi connectivity index (χ0) is 14.4. The maximum absolute atomic E-state index is 4.18. The number of fused-ring (bicyclic) bond motifs is 3. The molecule has 21 heavy (non-hydrogen) atoms. The minimum Gasteiger partial charge on any atom is -0.309 e. The van der Waals surface area contributed by atoms with Crippen LogP contribution in [-0.4, -0.2) is 60.1 Å². The molecule has 0 aromatic carbocycles. The van der Waals surface area contributed by atoms with Gasteiger partial charge in [-0.3, -0.25) is 4.90 Å². The molecule has 4 aliphatic rings. The summed E-state index contributed by atoms with van der Waals surface area (Å²) in [7, 11) is 0. The van der Waals surface area contributed by atoms with Gasteiger partial charge in [0.15, 0.2) is 0 Å². The summed E-state index contributed by atoms with van der Waals surface area (Å²) in [5.74, 6) is 1.82. The highest BCUT2D eigenvalue weighted by Gasteiger charge is 2.44. The van der Waals surface area contributed by atoms with Crippen molar-refractivity contribution in [1.82, 2.24) is 15.1 Å². The second-order valence-electron chi connectivity index (χ2n) is 8.33. The summed E-state index contributed by atoms with van der Waals surface area (Å²) < 4.78 is 0. The lowest BCUT2D eigenvalue weighted by Gasteiger charge is -2.50. The Labute approximate surface area is 130 Å². The molecule has 3 aliphatic heterocycles. The molecule has 2 bridgehead atoms. The molecule has 1 saturated carbocycles. The van der Waals surface area contributed by atoms with Crippen LogP contribution in [0.3, 0.4) is 0 Å². The van der Waals surface area contributed by atoms with E-state index in [1.807, 2.05) is 0 Å². The Morgan fingerprint density at radius 1 is 0.905 bits per heavy atom. The monoisotopic (exact) mass is 291 g/mol. The van der Waals surface area contributed by atoms with E-state index >= 15 is 0 Å². The van der Waals surface area contributed by atoms with Gasteiger partial charge in [0.2, 0.25) is 0 Å². The van der Waals surface area contributed by atoms with Gasteiger partial charge in [0.25, 0.3) is 0 Å². The van der Waals surface area contributed by atoms with Gasteiger partial charge in [-0.05, 0) is 64.3 Å². The average molecular weight is 291 g/mol. The van der Waals surface area contributed by atoms with Gasteiger partial charge in [-0.25, -0.2) is 0 Å². The van der Waals surface area contributed by atoms with E-state index in [-0.39, 0.29) is 0 Å². The number of nitrogens with one attached hydrogen (secondary N) is 1. The first-order valence-electron chi connectivity index (χ1n) is 9.46. The van der Waals surface area contributed by atoms with E-state index in [4.69, 9.17) is 0 Å². The predicted octanol–water partition coefficient (Wildman–Crippen LogP) is 2.32. The molecule has 0 amide bonds. The van der Waals surface area contributed by atoms with Crippen molar-refractivity contribution in [3.8, 4) is 0 Å². The molecule has 3 nitrogen and oxygen atoms in total. The number of rotatable bonds is 3. The molecular weight excluding hydrogens is 258 g/mol. The minimum absolute atomic E-state index is 0.728. The van der Waals surface area contributed by atoms with Gasteiger partial charge in [0.05, 0.1) is 0 Å². The van der Waals surface area contributed by atoms with Gasteiger partial charge in [0.1, 0.15) is 0 Å². The largest absolute Gasteiger partial charge is 0.309 e. The predicted molar refractivity (Wildman–Crippen MR) is 87.5 cm³/mol. The zero-order valence-corrected chi connectivity index (χ0v) is 13.9. The first-order chi connectivity index (χ1) is 10.2. The average Bonchev–Trinajstić information content (AvgIpc) is 3.03. The fraction of sp³-hybridized carbons (Fsp3) is 1.00. The third-order valence-electron chi connectivity index (χ3n) is 6.85. The van der Waals surface area contributed by atoms with Crippen LogP contribution < -0.4 is 5.32 Å². The van der Waals surface area contributed by atoms with Gasteiger partial charge in [-0.1, -0.05) is 6.42 Å². The van der Waals surface area contributed by atoms with E-state index in [1.165, 1.54) is 64.7 Å². The second-order valence-corrected chi connectivity index (χ2v) is 8.33. The van der Waals surface area contributed by atoms with Crippen molar-refractivity contribution in [3.63, 3.8) is 0 Å². The summed E-state index contributed by atoms with van der Waals surface area (Å²) in [6.07, 6.45) is 8.66. The molecule has 4 rings (SSSR count). The van der Waals surface area contributed by atoms with Crippen LogP contribution in [0.4, 0.5) is 0 Å². The Balaban J connectivity index is 1.43. The summed E-state index contributed by atoms with van der Waals surface area (Å²) in [4.78, 5) is 5.49. The van der Waals surface area contributed by atoms with Gasteiger partial charge < -0.3 is 10.2 Å². The number of likely N-dealkylation sites (tertiary alicyclic amines) is 1. The van der Waals surface area contributed by atoms with Crippen LogP contribution in [0.2, 0.25) is 0 Å². The van der Waals surface area contributed by atoms with Gasteiger partial charge in [-0.2, -0.15) is 0 Å². The SMILES string of the molecule is CC(C)N1CC2CCCC(C1)C2NC1CCN2CCCC12. The summed E-state index contributed by atoms with van der Waals surface area (Å²) >= 11 is 0. The standard InChI is InChI=1S/C18H33N3/c1-13(2)21-11-14-5-3-6-15(12-21)18(14)19-16-8-10-20-9-4-7-17(16)20/h13-19H,3-12H2,1-2H3. The lowest BCUT2D eigenvalue weighted by molar-refractivity contribution is 0.0235. The minimum atomic E-state index is 0.728. The molecule has 1 N–H and O–H groups in total. The van der Waals surface area contributed by atoms with Crippen molar-refractivity contribution in [2.24, 2.45) is 11.8 Å². The van der Waals surface area contributed by atoms with Crippen LogP contribution in [0.25, 0.3) is 0 Å². The van der Waals surface area contributed by atoms with Crippen LogP contribution in [0.5, 0.6) is 0 Å². The molecule has 3 heteroatoms. The topological polar surface area (TPSA) is 18.5 Å². The highest BCUT2D eigenvalue weighted by Crippen LogP contribution is 2.37. The van der Waals surface area contributed by atoms with E-state index in [0.29, 0.717) is 0 Å². The molecule has 4 atom stereocenters. The van der Waals surface area contributed by atoms with Crippen LogP contribution in [0.1, 0.15) is 52.4 Å². The molecule has 0 aromatic rings. The normalized spacial score (nSPS) is 44.4. The van der Waals surface area contributed by atoms with E-state index < -0.39 is 0 Å². The van der Waals surface area contributed by atoms with Crippen LogP contribution >= 0.6 is 0 Å². The highest BCUT2D eigenvalue weighted by molar-refractivity contribution is 5.02. The van der Waals surface area contributed by atoms with Crippen LogP contribution in [0.15, 0.2) is 0 Å². The van der Waals surface area contributed by atoms with Crippen molar-refractivity contribution < 1.29 is 0 Å². The fourth-order valence-corrected chi connectivity index (χ4v) is 5.69. The third-order valence-corrected chi connectivity index (χ3v) is 6.85. The van der Waals surface area contributed by atoms with Crippen molar-refractivity contribution >= 4 is 0 Å². The Morgan fingerprint density at radius 2 is 1.67 bits per heavy atom. The first kappa shape index (κ1) is 14.5. The molecule has 3 heterocycles. The number of piperidine rings is 1. The van der Waals surface area contributed by atoms with Crippen LogP contribution in [-0.2, 0) is 0 Å². The Morgan fingerprint density at radius 3 is 2.38 bits per heavy atom. The van der Waals surface area contributed by atoms with Crippen molar-refractivity contribution in [1.29, 1.82) is 0 Å². The molecule has 120 valence electrons. The van der Waals surface area contributed by atoms with Gasteiger partial charge in [0, 0.05) is 43.8 Å². The Bertz CT molecular complexity index is 355. The van der Waals surface area contributed by atoms with Crippen molar-refractivity contribution in [2.45, 2.75) is 76.5 Å². The number of hydrogen-bond acceptors (Lipinski definition) is 3. The molecule has 0 aromatic heterocycles. The molecule has 4 fully saturated rings. The molecule has 0 radical (unpaired) electrons. The summed E-state index contributed by atoms with van der Waals surface area (Å²) in [5.41, 5.74) is 0. The van der Waals surface area contributed by atoms with E-state index in [9.17, 15) is 0 Å². The van der Waals surface area contributed by atoms with Gasteiger partial charge >= 0.3 is 0 Å². The van der Waals surface area contributed by atoms with E-state index in [1.54, 1.807) is 0 Å². The Kier molecular flexibility index (Phi) is 4.01. The molecule has 3 saturated heterocycles. The number of hydrogen-bond donors (Lipinski definition) is 1. The Hall–Kier alpha value is -0.120. The maximum Gasteiger partial charge on any atom is 0.0250 e. The molecule has 1 aliphatic carbocycles. The van der Waals surface area contributed by atoms with Gasteiger partial charge in [-0.15, -0.1) is 0 Å². The third kappa shape index (κ3) is 2.66. The van der Waals surface area contributed by atoms with Crippen molar-refractivity contribution in [3.05, 3.63) is 0 Å². The summed E-state index contributed by atoms with van der Waals surface area (Å²) in [6, 6.07) is 3.21. The molecular formula is C18H33N3. The highest BCUT2D eigenvalue weighted by atomic mass is 15.3. The van der Waals surface area contributed by atoms with E-state index in [2.05, 4.69) is 29.0 Å². The zero-order valence-electron chi connectivity index (χ0n) is 13.9. The van der Waals surface area contributed by atoms with Crippen LogP contribution in [0, 0.1) is 11.8 Å². The van der Waals surface area contributed by atoms with Crippen molar-refractivity contribution in [2.75, 3.05) is 26.2 Å². The quantitative estimate of drug-likeness (QED) is 0.861. The fourth-order valence-electron chi connectivity index (χ4n) is 5.69. The maximum atomic E-state index is 4.18. The number of nitrogens with zero attached hydrogens (tertiary/aromatic N) is 2. The smallest absolute Gasteiger partial charge is 0.0250 e. The summed E-state index contributed by atoms with van der Waals surface area (Å²) in [5, 5.41) is 4.18. The second kappa shape index (κ2) is 5.82. The lowest BCUT2D eigenvalue weighted by atomic mass is 9.72. The molecule has 4 unspecified atom stereocenters. The lowest BCUT2D eigenvalue weighted by Crippen LogP contribution is -2.61.